The molecule has 0 unspecified atom stereocenters. The molecule has 1 aromatic rings. The predicted molar refractivity (Wildman–Crippen MR) is 96.7 cm³/mol. The second-order valence-electron chi connectivity index (χ2n) is 6.91. The molecule has 0 N–H and O–H groups in total. The van der Waals surface area contributed by atoms with E-state index in [4.69, 9.17) is 0 Å². The highest BCUT2D eigenvalue weighted by Gasteiger charge is 2.52. The first-order chi connectivity index (χ1) is 11.1. The van der Waals surface area contributed by atoms with E-state index in [2.05, 4.69) is 42.4 Å². The Hall–Kier alpha value is -1.13. The third kappa shape index (κ3) is 2.99. The summed E-state index contributed by atoms with van der Waals surface area (Å²) in [4.78, 5) is 20.0. The molecule has 3 rings (SSSR count). The molecule has 23 heavy (non-hydrogen) atoms. The summed E-state index contributed by atoms with van der Waals surface area (Å²) in [6, 6.07) is 4.93. The van der Waals surface area contributed by atoms with Crippen LogP contribution in [0.25, 0.3) is 0 Å². The van der Waals surface area contributed by atoms with Gasteiger partial charge in [-0.15, -0.1) is 17.9 Å². The zero-order chi connectivity index (χ0) is 16.4. The van der Waals surface area contributed by atoms with E-state index in [0.29, 0.717) is 24.9 Å². The van der Waals surface area contributed by atoms with Gasteiger partial charge in [-0.25, -0.2) is 0 Å². The molecule has 3 heterocycles. The van der Waals surface area contributed by atoms with Crippen LogP contribution in [0.2, 0.25) is 0 Å². The van der Waals surface area contributed by atoms with Crippen molar-refractivity contribution in [1.82, 2.24) is 9.80 Å². The first-order valence-electron chi connectivity index (χ1n) is 8.81. The molecule has 0 bridgehead atoms. The quantitative estimate of drug-likeness (QED) is 0.762. The normalized spacial score (nSPS) is 28.7. The Kier molecular flexibility index (Phi) is 4.93. The van der Waals surface area contributed by atoms with Crippen molar-refractivity contribution >= 4 is 17.2 Å². The highest BCUT2D eigenvalue weighted by atomic mass is 32.1. The van der Waals surface area contributed by atoms with Gasteiger partial charge in [-0.05, 0) is 51.3 Å². The van der Waals surface area contributed by atoms with E-state index >= 15 is 0 Å². The Balaban J connectivity index is 1.85. The number of aryl methyl sites for hydroxylation is 1. The Morgan fingerprint density at radius 2 is 2.26 bits per heavy atom. The summed E-state index contributed by atoms with van der Waals surface area (Å²) in [7, 11) is 0. The summed E-state index contributed by atoms with van der Waals surface area (Å²) in [6.45, 7) is 11.2. The molecule has 0 radical (unpaired) electrons. The van der Waals surface area contributed by atoms with Crippen molar-refractivity contribution in [1.29, 1.82) is 0 Å². The molecular formula is C19H28N2OS. The summed E-state index contributed by atoms with van der Waals surface area (Å²) < 4.78 is 0. The van der Waals surface area contributed by atoms with Gasteiger partial charge in [0, 0.05) is 35.3 Å². The van der Waals surface area contributed by atoms with Crippen LogP contribution in [0.5, 0.6) is 0 Å². The fraction of sp³-hybridized carbons (Fsp3) is 0.632. The Morgan fingerprint density at radius 3 is 2.91 bits per heavy atom. The zero-order valence-corrected chi connectivity index (χ0v) is 15.2. The number of carbonyl (C=O) groups is 1. The highest BCUT2D eigenvalue weighted by molar-refractivity contribution is 7.11. The number of carbonyl (C=O) groups excluding carboxylic acids is 1. The lowest BCUT2D eigenvalue weighted by Crippen LogP contribution is -2.62. The van der Waals surface area contributed by atoms with Crippen LogP contribution in [0.15, 0.2) is 24.8 Å². The third-order valence-electron chi connectivity index (χ3n) is 5.58. The largest absolute Gasteiger partial charge is 0.332 e. The van der Waals surface area contributed by atoms with E-state index in [1.165, 1.54) is 16.2 Å². The predicted octanol–water partition coefficient (Wildman–Crippen LogP) is 3.98. The number of nitrogens with zero attached hydrogens (tertiary/aromatic N) is 2. The van der Waals surface area contributed by atoms with Gasteiger partial charge >= 0.3 is 0 Å². The minimum absolute atomic E-state index is 0.0323. The molecule has 0 aliphatic carbocycles. The fourth-order valence-corrected chi connectivity index (χ4v) is 5.63. The van der Waals surface area contributed by atoms with Crippen molar-refractivity contribution in [2.75, 3.05) is 13.1 Å². The van der Waals surface area contributed by atoms with Gasteiger partial charge in [0.1, 0.15) is 0 Å². The van der Waals surface area contributed by atoms with Crippen molar-refractivity contribution in [2.45, 2.75) is 64.1 Å². The standard InChI is InChI=1S/C19H28N2OS/c1-4-12-21-18(22)9-11-19(21)10-6-13-20(17(19)5-2)14-16-8-7-15(3)23-16/h4,7-8,17H,1,5-6,9-14H2,2-3H3/t17-,19-/m1/s1. The van der Waals surface area contributed by atoms with E-state index in [1.807, 2.05) is 17.4 Å². The maximum atomic E-state index is 12.4. The first-order valence-corrected chi connectivity index (χ1v) is 9.63. The van der Waals surface area contributed by atoms with Gasteiger partial charge in [-0.2, -0.15) is 0 Å². The summed E-state index contributed by atoms with van der Waals surface area (Å²) in [5.74, 6) is 0.317. The Labute approximate surface area is 144 Å². The highest BCUT2D eigenvalue weighted by Crippen LogP contribution is 2.43. The topological polar surface area (TPSA) is 23.6 Å². The monoisotopic (exact) mass is 332 g/mol. The zero-order valence-electron chi connectivity index (χ0n) is 14.4. The van der Waals surface area contributed by atoms with E-state index in [1.54, 1.807) is 0 Å². The van der Waals surface area contributed by atoms with Crippen molar-refractivity contribution in [3.63, 3.8) is 0 Å². The molecule has 1 aromatic heterocycles. The number of amides is 1. The van der Waals surface area contributed by atoms with Gasteiger partial charge in [0.05, 0.1) is 5.54 Å². The summed E-state index contributed by atoms with van der Waals surface area (Å²) in [6.07, 6.45) is 7.03. The molecule has 1 spiro atoms. The molecular weight excluding hydrogens is 304 g/mol. The molecule has 2 fully saturated rings. The van der Waals surface area contributed by atoms with Gasteiger partial charge in [0.2, 0.25) is 5.91 Å². The minimum Gasteiger partial charge on any atom is -0.332 e. The summed E-state index contributed by atoms with van der Waals surface area (Å²) in [5.41, 5.74) is 0.0323. The van der Waals surface area contributed by atoms with Crippen LogP contribution in [0.1, 0.15) is 48.8 Å². The van der Waals surface area contributed by atoms with Gasteiger partial charge in [-0.1, -0.05) is 13.0 Å². The summed E-state index contributed by atoms with van der Waals surface area (Å²) >= 11 is 1.90. The maximum Gasteiger partial charge on any atom is 0.223 e. The number of piperidine rings is 1. The number of rotatable bonds is 5. The molecule has 0 aromatic carbocycles. The average Bonchev–Trinajstić information content (AvgIpc) is 3.07. The van der Waals surface area contributed by atoms with Crippen LogP contribution >= 0.6 is 11.3 Å². The fourth-order valence-electron chi connectivity index (χ4n) is 4.71. The molecule has 2 saturated heterocycles. The molecule has 2 aliphatic heterocycles. The maximum absolute atomic E-state index is 12.4. The van der Waals surface area contributed by atoms with Crippen molar-refractivity contribution in [3.8, 4) is 0 Å². The lowest BCUT2D eigenvalue weighted by molar-refractivity contribution is -0.134. The molecule has 126 valence electrons. The molecule has 0 saturated carbocycles. The number of hydrogen-bond donors (Lipinski definition) is 0. The van der Waals surface area contributed by atoms with Crippen LogP contribution in [-0.2, 0) is 11.3 Å². The minimum atomic E-state index is 0.0323. The molecule has 2 atom stereocenters. The van der Waals surface area contributed by atoms with E-state index in [0.717, 1.165) is 32.4 Å². The smallest absolute Gasteiger partial charge is 0.223 e. The lowest BCUT2D eigenvalue weighted by Gasteiger charge is -2.52. The molecule has 1 amide bonds. The molecule has 4 heteroatoms. The first kappa shape index (κ1) is 16.7. The van der Waals surface area contributed by atoms with Crippen molar-refractivity contribution in [2.24, 2.45) is 0 Å². The van der Waals surface area contributed by atoms with Crippen LogP contribution < -0.4 is 0 Å². The van der Waals surface area contributed by atoms with Crippen LogP contribution in [0.3, 0.4) is 0 Å². The van der Waals surface area contributed by atoms with E-state index in [-0.39, 0.29) is 5.54 Å². The number of likely N-dealkylation sites (tertiary alicyclic amines) is 2. The Bertz CT molecular complexity index is 582. The SMILES string of the molecule is C=CCN1C(=O)CC[C@@]12CCCN(Cc1ccc(C)s1)[C@@H]2CC. The van der Waals surface area contributed by atoms with Gasteiger partial charge in [-0.3, -0.25) is 9.69 Å². The molecule has 2 aliphatic rings. The van der Waals surface area contributed by atoms with Crippen molar-refractivity contribution < 1.29 is 4.79 Å². The van der Waals surface area contributed by atoms with Crippen LogP contribution in [0, 0.1) is 6.92 Å². The van der Waals surface area contributed by atoms with Gasteiger partial charge in [0.15, 0.2) is 0 Å². The van der Waals surface area contributed by atoms with Gasteiger partial charge in [0.25, 0.3) is 0 Å². The average molecular weight is 333 g/mol. The second-order valence-corrected chi connectivity index (χ2v) is 8.28. The summed E-state index contributed by atoms with van der Waals surface area (Å²) in [5, 5.41) is 0. The Morgan fingerprint density at radius 1 is 1.43 bits per heavy atom. The number of hydrogen-bond acceptors (Lipinski definition) is 3. The second kappa shape index (κ2) is 6.78. The van der Waals surface area contributed by atoms with Gasteiger partial charge < -0.3 is 4.90 Å². The van der Waals surface area contributed by atoms with Crippen LogP contribution in [-0.4, -0.2) is 40.4 Å². The van der Waals surface area contributed by atoms with E-state index in [9.17, 15) is 4.79 Å². The third-order valence-corrected chi connectivity index (χ3v) is 6.57. The van der Waals surface area contributed by atoms with Crippen molar-refractivity contribution in [3.05, 3.63) is 34.5 Å². The number of thiophene rings is 1. The van der Waals surface area contributed by atoms with Crippen LogP contribution in [0.4, 0.5) is 0 Å². The molecule has 3 nitrogen and oxygen atoms in total. The van der Waals surface area contributed by atoms with E-state index < -0.39 is 0 Å². The lowest BCUT2D eigenvalue weighted by atomic mass is 9.77.